The van der Waals surface area contributed by atoms with Crippen LogP contribution >= 0.6 is 0 Å². The van der Waals surface area contributed by atoms with Crippen LogP contribution in [0.3, 0.4) is 0 Å². The lowest BCUT2D eigenvalue weighted by molar-refractivity contribution is -0.139. The van der Waals surface area contributed by atoms with Crippen molar-refractivity contribution in [2.45, 2.75) is 52.5 Å². The standard InChI is InChI=1S/C13H24N2O2/c1-4-14-11(3)7-5-6-8-15-12(16)9-10(2)13(15)17/h10-11,14H,4-9H2,1-3H3. The van der Waals surface area contributed by atoms with Crippen molar-refractivity contribution in [2.75, 3.05) is 13.1 Å². The van der Waals surface area contributed by atoms with Gasteiger partial charge in [0.1, 0.15) is 0 Å². The first kappa shape index (κ1) is 14.2. The van der Waals surface area contributed by atoms with Crippen LogP contribution in [0, 0.1) is 5.92 Å². The highest BCUT2D eigenvalue weighted by molar-refractivity contribution is 6.03. The van der Waals surface area contributed by atoms with E-state index >= 15 is 0 Å². The molecule has 1 rings (SSSR count). The van der Waals surface area contributed by atoms with Gasteiger partial charge in [0.25, 0.3) is 0 Å². The van der Waals surface area contributed by atoms with Crippen LogP contribution in [0.4, 0.5) is 0 Å². The summed E-state index contributed by atoms with van der Waals surface area (Å²) in [6, 6.07) is 0.518. The number of amides is 2. The molecule has 0 spiro atoms. The Kier molecular flexibility index (Phi) is 5.62. The predicted octanol–water partition coefficient (Wildman–Crippen LogP) is 1.55. The molecule has 1 aliphatic heterocycles. The van der Waals surface area contributed by atoms with Crippen molar-refractivity contribution in [3.8, 4) is 0 Å². The van der Waals surface area contributed by atoms with Crippen molar-refractivity contribution in [1.29, 1.82) is 0 Å². The van der Waals surface area contributed by atoms with E-state index in [0.717, 1.165) is 25.8 Å². The average Bonchev–Trinajstić information content (AvgIpc) is 2.50. The molecule has 1 saturated heterocycles. The maximum atomic E-state index is 11.6. The number of likely N-dealkylation sites (tertiary alicyclic amines) is 1. The first-order valence-corrected chi connectivity index (χ1v) is 6.63. The van der Waals surface area contributed by atoms with Gasteiger partial charge in [-0.05, 0) is 26.3 Å². The molecule has 2 atom stereocenters. The van der Waals surface area contributed by atoms with Crippen molar-refractivity contribution in [2.24, 2.45) is 5.92 Å². The number of hydrogen-bond donors (Lipinski definition) is 1. The molecule has 17 heavy (non-hydrogen) atoms. The zero-order chi connectivity index (χ0) is 12.8. The van der Waals surface area contributed by atoms with Crippen LogP contribution < -0.4 is 5.32 Å². The second kappa shape index (κ2) is 6.74. The lowest BCUT2D eigenvalue weighted by Gasteiger charge is -2.15. The van der Waals surface area contributed by atoms with Crippen LogP contribution in [0.25, 0.3) is 0 Å². The van der Waals surface area contributed by atoms with E-state index in [9.17, 15) is 9.59 Å². The van der Waals surface area contributed by atoms with Gasteiger partial charge >= 0.3 is 0 Å². The first-order valence-electron chi connectivity index (χ1n) is 6.63. The molecule has 2 amide bonds. The molecule has 1 aliphatic rings. The molecule has 0 aliphatic carbocycles. The van der Waals surface area contributed by atoms with Gasteiger partial charge < -0.3 is 5.32 Å². The van der Waals surface area contributed by atoms with Gasteiger partial charge in [-0.15, -0.1) is 0 Å². The van der Waals surface area contributed by atoms with Crippen LogP contribution in [-0.2, 0) is 9.59 Å². The van der Waals surface area contributed by atoms with E-state index in [1.807, 2.05) is 6.92 Å². The Morgan fingerprint density at radius 2 is 2.12 bits per heavy atom. The third-order valence-electron chi connectivity index (χ3n) is 3.29. The van der Waals surface area contributed by atoms with Gasteiger partial charge in [-0.3, -0.25) is 14.5 Å². The van der Waals surface area contributed by atoms with E-state index in [1.165, 1.54) is 4.90 Å². The van der Waals surface area contributed by atoms with Crippen molar-refractivity contribution in [3.63, 3.8) is 0 Å². The van der Waals surface area contributed by atoms with Crippen LogP contribution in [-0.4, -0.2) is 35.8 Å². The summed E-state index contributed by atoms with van der Waals surface area (Å²) in [5.41, 5.74) is 0. The maximum absolute atomic E-state index is 11.6. The van der Waals surface area contributed by atoms with E-state index in [0.29, 0.717) is 19.0 Å². The van der Waals surface area contributed by atoms with Gasteiger partial charge in [0.15, 0.2) is 0 Å². The smallest absolute Gasteiger partial charge is 0.232 e. The van der Waals surface area contributed by atoms with Gasteiger partial charge in [0, 0.05) is 24.9 Å². The number of hydrogen-bond acceptors (Lipinski definition) is 3. The second-order valence-corrected chi connectivity index (χ2v) is 4.94. The topological polar surface area (TPSA) is 49.4 Å². The molecule has 2 unspecified atom stereocenters. The number of nitrogens with one attached hydrogen (secondary N) is 1. The molecular weight excluding hydrogens is 216 g/mol. The Morgan fingerprint density at radius 3 is 2.65 bits per heavy atom. The summed E-state index contributed by atoms with van der Waals surface area (Å²) in [5, 5.41) is 3.35. The molecule has 0 aromatic heterocycles. The van der Waals surface area contributed by atoms with Gasteiger partial charge in [-0.1, -0.05) is 20.3 Å². The number of carbonyl (C=O) groups is 2. The van der Waals surface area contributed by atoms with Crippen LogP contribution in [0.15, 0.2) is 0 Å². The zero-order valence-corrected chi connectivity index (χ0v) is 11.2. The van der Waals surface area contributed by atoms with E-state index in [-0.39, 0.29) is 17.7 Å². The monoisotopic (exact) mass is 240 g/mol. The minimum absolute atomic E-state index is 0.00207. The highest BCUT2D eigenvalue weighted by Crippen LogP contribution is 2.19. The highest BCUT2D eigenvalue weighted by atomic mass is 16.2. The van der Waals surface area contributed by atoms with Crippen LogP contribution in [0.2, 0.25) is 0 Å². The largest absolute Gasteiger partial charge is 0.315 e. The molecule has 1 heterocycles. The molecular formula is C13H24N2O2. The lowest BCUT2D eigenvalue weighted by atomic mass is 10.1. The fourth-order valence-electron chi connectivity index (χ4n) is 2.25. The Balaban J connectivity index is 2.18. The minimum atomic E-state index is -0.108. The molecule has 0 saturated carbocycles. The normalized spacial score (nSPS) is 22.3. The molecule has 4 nitrogen and oxygen atoms in total. The van der Waals surface area contributed by atoms with Gasteiger partial charge in [-0.25, -0.2) is 0 Å². The number of carbonyl (C=O) groups excluding carboxylic acids is 2. The summed E-state index contributed by atoms with van der Waals surface area (Å²) < 4.78 is 0. The summed E-state index contributed by atoms with van der Waals surface area (Å²) in [6.45, 7) is 7.67. The summed E-state index contributed by atoms with van der Waals surface area (Å²) >= 11 is 0. The van der Waals surface area contributed by atoms with E-state index < -0.39 is 0 Å². The number of nitrogens with zero attached hydrogens (tertiary/aromatic N) is 1. The quantitative estimate of drug-likeness (QED) is 0.542. The molecule has 0 aromatic carbocycles. The molecule has 1 N–H and O–H groups in total. The summed E-state index contributed by atoms with van der Waals surface area (Å²) in [4.78, 5) is 24.6. The van der Waals surface area contributed by atoms with E-state index in [4.69, 9.17) is 0 Å². The summed E-state index contributed by atoms with van der Waals surface area (Å²) in [5.74, 6) is -0.0971. The van der Waals surface area contributed by atoms with Crippen molar-refractivity contribution in [1.82, 2.24) is 10.2 Å². The van der Waals surface area contributed by atoms with Gasteiger partial charge in [0.2, 0.25) is 11.8 Å². The fourth-order valence-corrected chi connectivity index (χ4v) is 2.25. The summed E-state index contributed by atoms with van der Waals surface area (Å²) in [7, 11) is 0. The SMILES string of the molecule is CCNC(C)CCCCN1C(=O)CC(C)C1=O. The van der Waals surface area contributed by atoms with Gasteiger partial charge in [-0.2, -0.15) is 0 Å². The number of rotatable bonds is 7. The van der Waals surface area contributed by atoms with E-state index in [1.54, 1.807) is 0 Å². The zero-order valence-electron chi connectivity index (χ0n) is 11.2. The molecule has 98 valence electrons. The van der Waals surface area contributed by atoms with Crippen LogP contribution in [0.5, 0.6) is 0 Å². The maximum Gasteiger partial charge on any atom is 0.232 e. The number of unbranched alkanes of at least 4 members (excludes halogenated alkanes) is 1. The minimum Gasteiger partial charge on any atom is -0.315 e. The second-order valence-electron chi connectivity index (χ2n) is 4.94. The van der Waals surface area contributed by atoms with Gasteiger partial charge in [0.05, 0.1) is 0 Å². The summed E-state index contributed by atoms with van der Waals surface area (Å²) in [6.07, 6.45) is 3.46. The third kappa shape index (κ3) is 4.11. The molecule has 4 heteroatoms. The average molecular weight is 240 g/mol. The van der Waals surface area contributed by atoms with Crippen molar-refractivity contribution >= 4 is 11.8 Å². The number of imide groups is 1. The Morgan fingerprint density at radius 1 is 1.41 bits per heavy atom. The molecule has 0 aromatic rings. The van der Waals surface area contributed by atoms with E-state index in [2.05, 4.69) is 19.2 Å². The Hall–Kier alpha value is -0.900. The highest BCUT2D eigenvalue weighted by Gasteiger charge is 2.34. The fraction of sp³-hybridized carbons (Fsp3) is 0.846. The van der Waals surface area contributed by atoms with Crippen molar-refractivity contribution in [3.05, 3.63) is 0 Å². The third-order valence-corrected chi connectivity index (χ3v) is 3.29. The molecule has 0 radical (unpaired) electrons. The predicted molar refractivity (Wildman–Crippen MR) is 67.5 cm³/mol. The van der Waals surface area contributed by atoms with Crippen LogP contribution in [0.1, 0.15) is 46.5 Å². The first-order chi connectivity index (χ1) is 8.06. The van der Waals surface area contributed by atoms with Crippen molar-refractivity contribution < 1.29 is 9.59 Å². The molecule has 1 fully saturated rings. The lowest BCUT2D eigenvalue weighted by Crippen LogP contribution is -2.31. The Labute approximate surface area is 104 Å². The molecule has 0 bridgehead atoms. The Bertz CT molecular complexity index is 279.